The van der Waals surface area contributed by atoms with E-state index < -0.39 is 0 Å². The Hall–Kier alpha value is -1.57. The first-order valence-electron chi connectivity index (χ1n) is 5.68. The van der Waals surface area contributed by atoms with Crippen LogP contribution in [-0.2, 0) is 0 Å². The van der Waals surface area contributed by atoms with Gasteiger partial charge in [0.1, 0.15) is 0 Å². The third-order valence-corrected chi connectivity index (χ3v) is 3.39. The normalized spacial score (nSPS) is 22.0. The summed E-state index contributed by atoms with van der Waals surface area (Å²) in [4.78, 5) is 4.38. The lowest BCUT2D eigenvalue weighted by Gasteiger charge is -1.98. The largest absolute Gasteiger partial charge is 0.440 e. The Kier molecular flexibility index (Phi) is 1.93. The van der Waals surface area contributed by atoms with E-state index in [4.69, 9.17) is 4.42 Å². The number of hydrogen-bond acceptors (Lipinski definition) is 2. The summed E-state index contributed by atoms with van der Waals surface area (Å²) >= 11 is 0. The highest BCUT2D eigenvalue weighted by Gasteiger charge is 2.49. The minimum absolute atomic E-state index is 0.374. The molecule has 0 N–H and O–H groups in total. The van der Waals surface area contributed by atoms with Gasteiger partial charge in [0.05, 0.1) is 6.20 Å². The number of benzene rings is 1. The second-order valence-electron chi connectivity index (χ2n) is 5.17. The summed E-state index contributed by atoms with van der Waals surface area (Å²) in [6.45, 7) is 4.51. The summed E-state index contributed by atoms with van der Waals surface area (Å²) in [6.07, 6.45) is 3.01. The Morgan fingerprint density at radius 3 is 2.56 bits per heavy atom. The fraction of sp³-hybridized carbons (Fsp3) is 0.357. The van der Waals surface area contributed by atoms with Gasteiger partial charge in [-0.25, -0.2) is 4.98 Å². The zero-order valence-corrected chi connectivity index (χ0v) is 9.60. The summed E-state index contributed by atoms with van der Waals surface area (Å²) in [5.74, 6) is 2.27. The van der Waals surface area contributed by atoms with Gasteiger partial charge in [-0.3, -0.25) is 0 Å². The van der Waals surface area contributed by atoms with Crippen LogP contribution in [0, 0.1) is 5.41 Å². The van der Waals surface area contributed by atoms with Gasteiger partial charge in [-0.2, -0.15) is 0 Å². The average Bonchev–Trinajstić information content (AvgIpc) is 2.76. The van der Waals surface area contributed by atoms with Crippen LogP contribution >= 0.6 is 0 Å². The molecule has 0 saturated heterocycles. The van der Waals surface area contributed by atoms with E-state index >= 15 is 0 Å². The third kappa shape index (κ3) is 1.54. The molecule has 1 aromatic carbocycles. The van der Waals surface area contributed by atoms with Crippen LogP contribution in [-0.4, -0.2) is 4.98 Å². The van der Waals surface area contributed by atoms with E-state index in [9.17, 15) is 0 Å². The van der Waals surface area contributed by atoms with Gasteiger partial charge in [0.25, 0.3) is 0 Å². The maximum Gasteiger partial charge on any atom is 0.198 e. The van der Waals surface area contributed by atoms with Gasteiger partial charge in [-0.1, -0.05) is 44.2 Å². The van der Waals surface area contributed by atoms with Gasteiger partial charge in [0.2, 0.25) is 0 Å². The first kappa shape index (κ1) is 9.64. The van der Waals surface area contributed by atoms with Gasteiger partial charge in [0.15, 0.2) is 11.7 Å². The Balaban J connectivity index is 1.89. The molecule has 0 aliphatic heterocycles. The molecule has 0 amide bonds. The van der Waals surface area contributed by atoms with Crippen molar-refractivity contribution in [3.63, 3.8) is 0 Å². The van der Waals surface area contributed by atoms with Crippen LogP contribution in [0.15, 0.2) is 40.9 Å². The number of rotatable bonds is 2. The summed E-state index contributed by atoms with van der Waals surface area (Å²) in [6, 6.07) is 10.1. The van der Waals surface area contributed by atoms with Crippen LogP contribution in [0.4, 0.5) is 0 Å². The van der Waals surface area contributed by atoms with E-state index in [1.165, 1.54) is 6.42 Å². The van der Waals surface area contributed by atoms with Crippen molar-refractivity contribution < 1.29 is 4.42 Å². The lowest BCUT2D eigenvalue weighted by molar-refractivity contribution is 0.477. The number of aromatic nitrogens is 1. The minimum atomic E-state index is 0.374. The molecule has 0 spiro atoms. The summed E-state index contributed by atoms with van der Waals surface area (Å²) in [5, 5.41) is 0. The Bertz CT molecular complexity index is 498. The van der Waals surface area contributed by atoms with E-state index in [1.807, 2.05) is 36.5 Å². The molecule has 1 aliphatic carbocycles. The molecule has 1 heterocycles. The van der Waals surface area contributed by atoms with Crippen molar-refractivity contribution >= 4 is 0 Å². The van der Waals surface area contributed by atoms with Crippen LogP contribution in [0.5, 0.6) is 0 Å². The molecule has 2 heteroatoms. The molecule has 0 radical (unpaired) electrons. The Morgan fingerprint density at radius 2 is 1.94 bits per heavy atom. The van der Waals surface area contributed by atoms with Crippen LogP contribution in [0.2, 0.25) is 0 Å². The smallest absolute Gasteiger partial charge is 0.198 e. The minimum Gasteiger partial charge on any atom is -0.440 e. The first-order chi connectivity index (χ1) is 7.67. The van der Waals surface area contributed by atoms with E-state index in [0.717, 1.165) is 17.2 Å². The van der Waals surface area contributed by atoms with Crippen molar-refractivity contribution in [3.05, 3.63) is 42.4 Å². The van der Waals surface area contributed by atoms with Crippen molar-refractivity contribution in [2.24, 2.45) is 5.41 Å². The molecule has 0 bridgehead atoms. The van der Waals surface area contributed by atoms with Crippen molar-refractivity contribution in [2.75, 3.05) is 0 Å². The lowest BCUT2D eigenvalue weighted by atomic mass is 10.1. The number of oxazole rings is 1. The summed E-state index contributed by atoms with van der Waals surface area (Å²) in [7, 11) is 0. The molecule has 82 valence electrons. The fourth-order valence-corrected chi connectivity index (χ4v) is 2.07. The van der Waals surface area contributed by atoms with E-state index in [-0.39, 0.29) is 0 Å². The molecule has 1 saturated carbocycles. The van der Waals surface area contributed by atoms with E-state index in [2.05, 4.69) is 18.8 Å². The molecular weight excluding hydrogens is 198 g/mol. The van der Waals surface area contributed by atoms with Gasteiger partial charge in [-0.05, 0) is 11.8 Å². The van der Waals surface area contributed by atoms with Crippen molar-refractivity contribution in [1.29, 1.82) is 0 Å². The SMILES string of the molecule is CC1(C)CC1c1ncc(-c2ccccc2)o1. The molecule has 1 atom stereocenters. The monoisotopic (exact) mass is 213 g/mol. The highest BCUT2D eigenvalue weighted by molar-refractivity contribution is 5.55. The van der Waals surface area contributed by atoms with E-state index in [0.29, 0.717) is 11.3 Å². The molecule has 2 nitrogen and oxygen atoms in total. The zero-order valence-electron chi connectivity index (χ0n) is 9.60. The summed E-state index contributed by atoms with van der Waals surface area (Å²) < 4.78 is 5.82. The molecular formula is C14H15NO. The lowest BCUT2D eigenvalue weighted by Crippen LogP contribution is -1.88. The van der Waals surface area contributed by atoms with Crippen molar-refractivity contribution in [3.8, 4) is 11.3 Å². The molecule has 1 aliphatic rings. The van der Waals surface area contributed by atoms with Gasteiger partial charge in [-0.15, -0.1) is 0 Å². The molecule has 3 rings (SSSR count). The number of hydrogen-bond donors (Lipinski definition) is 0. The Morgan fingerprint density at radius 1 is 1.25 bits per heavy atom. The van der Waals surface area contributed by atoms with E-state index in [1.54, 1.807) is 0 Å². The second kappa shape index (κ2) is 3.21. The molecule has 1 aromatic heterocycles. The third-order valence-electron chi connectivity index (χ3n) is 3.39. The first-order valence-corrected chi connectivity index (χ1v) is 5.68. The average molecular weight is 213 g/mol. The maximum atomic E-state index is 5.82. The topological polar surface area (TPSA) is 26.0 Å². The predicted octanol–water partition coefficient (Wildman–Crippen LogP) is 3.86. The van der Waals surface area contributed by atoms with Crippen LogP contribution < -0.4 is 0 Å². The van der Waals surface area contributed by atoms with Gasteiger partial charge >= 0.3 is 0 Å². The molecule has 2 aromatic rings. The summed E-state index contributed by atoms with van der Waals surface area (Å²) in [5.41, 5.74) is 1.47. The number of nitrogens with zero attached hydrogens (tertiary/aromatic N) is 1. The molecule has 1 unspecified atom stereocenters. The van der Waals surface area contributed by atoms with Crippen molar-refractivity contribution in [2.45, 2.75) is 26.2 Å². The fourth-order valence-electron chi connectivity index (χ4n) is 2.07. The molecule has 1 fully saturated rings. The van der Waals surface area contributed by atoms with Gasteiger partial charge in [0, 0.05) is 11.5 Å². The maximum absolute atomic E-state index is 5.82. The molecule has 16 heavy (non-hydrogen) atoms. The predicted molar refractivity (Wildman–Crippen MR) is 63.1 cm³/mol. The highest BCUT2D eigenvalue weighted by Crippen LogP contribution is 2.58. The van der Waals surface area contributed by atoms with Crippen LogP contribution in [0.1, 0.15) is 32.1 Å². The van der Waals surface area contributed by atoms with Gasteiger partial charge < -0.3 is 4.42 Å². The second-order valence-corrected chi connectivity index (χ2v) is 5.17. The van der Waals surface area contributed by atoms with Crippen LogP contribution in [0.25, 0.3) is 11.3 Å². The quantitative estimate of drug-likeness (QED) is 0.757. The Labute approximate surface area is 95.3 Å². The van der Waals surface area contributed by atoms with Crippen LogP contribution in [0.3, 0.4) is 0 Å². The standard InChI is InChI=1S/C14H15NO/c1-14(2)8-11(14)13-15-9-12(16-13)10-6-4-3-5-7-10/h3-7,9,11H,8H2,1-2H3. The zero-order chi connectivity index (χ0) is 11.2. The van der Waals surface area contributed by atoms with Crippen molar-refractivity contribution in [1.82, 2.24) is 4.98 Å². The highest BCUT2D eigenvalue weighted by atomic mass is 16.4.